The van der Waals surface area contributed by atoms with Crippen molar-refractivity contribution >= 4 is 17.8 Å². The highest BCUT2D eigenvalue weighted by atomic mass is 16.4. The molecule has 1 aromatic rings. The Hall–Kier alpha value is -2.37. The summed E-state index contributed by atoms with van der Waals surface area (Å²) >= 11 is 0. The number of benzene rings is 1. The van der Waals surface area contributed by atoms with Gasteiger partial charge in [-0.1, -0.05) is 12.1 Å². The molecule has 1 aromatic carbocycles. The van der Waals surface area contributed by atoms with Crippen LogP contribution in [0.5, 0.6) is 0 Å². The second-order valence-electron chi connectivity index (χ2n) is 4.03. The maximum absolute atomic E-state index is 11.8. The fourth-order valence-corrected chi connectivity index (χ4v) is 1.59. The van der Waals surface area contributed by atoms with Crippen molar-refractivity contribution in [1.82, 2.24) is 5.32 Å². The smallest absolute Gasteiger partial charge is 0.336 e. The molecule has 0 aliphatic heterocycles. The molecule has 2 amide bonds. The van der Waals surface area contributed by atoms with Gasteiger partial charge in [0.25, 0.3) is 5.91 Å². The summed E-state index contributed by atoms with van der Waals surface area (Å²) in [6.07, 6.45) is 1.49. The van der Waals surface area contributed by atoms with Crippen LogP contribution in [-0.2, 0) is 4.79 Å². The summed E-state index contributed by atoms with van der Waals surface area (Å²) in [4.78, 5) is 33.3. The van der Waals surface area contributed by atoms with Gasteiger partial charge in [0.05, 0.1) is 11.1 Å². The molecule has 0 saturated heterocycles. The monoisotopic (exact) mass is 264 g/mol. The van der Waals surface area contributed by atoms with Crippen LogP contribution in [0.4, 0.5) is 0 Å². The molecule has 6 heteroatoms. The summed E-state index contributed by atoms with van der Waals surface area (Å²) in [6, 6.07) is 6.01. The van der Waals surface area contributed by atoms with Gasteiger partial charge in [0, 0.05) is 13.0 Å². The first-order valence-corrected chi connectivity index (χ1v) is 5.91. The molecule has 1 rings (SSSR count). The van der Waals surface area contributed by atoms with Crippen LogP contribution >= 0.6 is 0 Å². The molecule has 0 saturated carbocycles. The molecule has 0 bridgehead atoms. The Morgan fingerprint density at radius 3 is 2.32 bits per heavy atom. The summed E-state index contributed by atoms with van der Waals surface area (Å²) in [5, 5.41) is 11.6. The van der Waals surface area contributed by atoms with Gasteiger partial charge < -0.3 is 16.2 Å². The van der Waals surface area contributed by atoms with E-state index >= 15 is 0 Å². The van der Waals surface area contributed by atoms with Gasteiger partial charge in [-0.3, -0.25) is 9.59 Å². The fourth-order valence-electron chi connectivity index (χ4n) is 1.59. The molecule has 4 N–H and O–H groups in total. The van der Waals surface area contributed by atoms with Crippen LogP contribution in [0.3, 0.4) is 0 Å². The van der Waals surface area contributed by atoms with Crippen LogP contribution in [0.2, 0.25) is 0 Å². The third kappa shape index (κ3) is 4.79. The number of nitrogens with two attached hydrogens (primary N) is 1. The van der Waals surface area contributed by atoms with E-state index in [2.05, 4.69) is 5.32 Å². The highest BCUT2D eigenvalue weighted by Gasteiger charge is 2.14. The fraction of sp³-hybridized carbons (Fsp3) is 0.308. The standard InChI is InChI=1S/C13H16N2O4/c14-11(16)7-3-4-8-15-12(17)9-5-1-2-6-10(9)13(18)19/h1-2,5-6H,3-4,7-8H2,(H2,14,16)(H,15,17)(H,18,19). The molecule has 0 spiro atoms. The van der Waals surface area contributed by atoms with Gasteiger partial charge in [-0.15, -0.1) is 0 Å². The summed E-state index contributed by atoms with van der Waals surface area (Å²) in [5.74, 6) is -1.95. The predicted molar refractivity (Wildman–Crippen MR) is 68.8 cm³/mol. The minimum Gasteiger partial charge on any atom is -0.478 e. The Labute approximate surface area is 110 Å². The number of aromatic carboxylic acids is 1. The zero-order valence-electron chi connectivity index (χ0n) is 10.4. The lowest BCUT2D eigenvalue weighted by molar-refractivity contribution is -0.118. The summed E-state index contributed by atoms with van der Waals surface area (Å²) in [5.41, 5.74) is 5.09. The molecule has 0 aromatic heterocycles. The molecular formula is C13H16N2O4. The Balaban J connectivity index is 2.50. The zero-order chi connectivity index (χ0) is 14.3. The Morgan fingerprint density at radius 2 is 1.74 bits per heavy atom. The number of carbonyl (C=O) groups is 3. The van der Waals surface area contributed by atoms with Crippen molar-refractivity contribution in [2.24, 2.45) is 5.73 Å². The highest BCUT2D eigenvalue weighted by Crippen LogP contribution is 2.08. The Bertz CT molecular complexity index is 485. The van der Waals surface area contributed by atoms with E-state index < -0.39 is 11.9 Å². The molecule has 0 aliphatic rings. The third-order valence-electron chi connectivity index (χ3n) is 2.54. The van der Waals surface area contributed by atoms with Crippen molar-refractivity contribution in [2.75, 3.05) is 6.54 Å². The number of hydrogen-bond acceptors (Lipinski definition) is 3. The normalized spacial score (nSPS) is 9.89. The summed E-state index contributed by atoms with van der Waals surface area (Å²) in [7, 11) is 0. The van der Waals surface area contributed by atoms with Crippen molar-refractivity contribution in [2.45, 2.75) is 19.3 Å². The topological polar surface area (TPSA) is 109 Å². The first-order valence-electron chi connectivity index (χ1n) is 5.91. The molecule has 0 radical (unpaired) electrons. The quantitative estimate of drug-likeness (QED) is 0.632. The molecule has 0 fully saturated rings. The molecular weight excluding hydrogens is 248 g/mol. The number of unbranched alkanes of at least 4 members (excludes halogenated alkanes) is 1. The third-order valence-corrected chi connectivity index (χ3v) is 2.54. The minimum atomic E-state index is -1.14. The SMILES string of the molecule is NC(=O)CCCCNC(=O)c1ccccc1C(=O)O. The number of rotatable bonds is 7. The van der Waals surface area contributed by atoms with Gasteiger partial charge in [0.15, 0.2) is 0 Å². The number of nitrogens with one attached hydrogen (secondary N) is 1. The van der Waals surface area contributed by atoms with E-state index in [4.69, 9.17) is 10.8 Å². The van der Waals surface area contributed by atoms with Crippen LogP contribution in [0.15, 0.2) is 24.3 Å². The van der Waals surface area contributed by atoms with Gasteiger partial charge in [0.1, 0.15) is 0 Å². The first kappa shape index (κ1) is 14.7. The molecule has 0 atom stereocenters. The summed E-state index contributed by atoms with van der Waals surface area (Å²) < 4.78 is 0. The number of hydrogen-bond donors (Lipinski definition) is 3. The average molecular weight is 264 g/mol. The largest absolute Gasteiger partial charge is 0.478 e. The molecule has 0 unspecified atom stereocenters. The lowest BCUT2D eigenvalue weighted by atomic mass is 10.1. The zero-order valence-corrected chi connectivity index (χ0v) is 10.4. The average Bonchev–Trinajstić information content (AvgIpc) is 2.37. The second kappa shape index (κ2) is 7.15. The van der Waals surface area contributed by atoms with E-state index in [9.17, 15) is 14.4 Å². The van der Waals surface area contributed by atoms with Crippen molar-refractivity contribution in [1.29, 1.82) is 0 Å². The van der Waals surface area contributed by atoms with E-state index in [1.54, 1.807) is 12.1 Å². The van der Waals surface area contributed by atoms with E-state index in [0.717, 1.165) is 0 Å². The number of carbonyl (C=O) groups excluding carboxylic acids is 2. The number of amides is 2. The van der Waals surface area contributed by atoms with Gasteiger partial charge in [0.2, 0.25) is 5.91 Å². The van der Waals surface area contributed by atoms with E-state index in [0.29, 0.717) is 19.4 Å². The van der Waals surface area contributed by atoms with Gasteiger partial charge in [-0.25, -0.2) is 4.79 Å². The minimum absolute atomic E-state index is 0.0304. The van der Waals surface area contributed by atoms with Gasteiger partial charge in [-0.05, 0) is 25.0 Å². The van der Waals surface area contributed by atoms with E-state index in [-0.39, 0.29) is 23.5 Å². The number of carboxylic acids is 1. The maximum Gasteiger partial charge on any atom is 0.336 e. The van der Waals surface area contributed by atoms with Crippen LogP contribution in [0, 0.1) is 0 Å². The summed E-state index contributed by atoms with van der Waals surface area (Å²) in [6.45, 7) is 0.375. The van der Waals surface area contributed by atoms with Crippen molar-refractivity contribution in [3.05, 3.63) is 35.4 Å². The van der Waals surface area contributed by atoms with Crippen molar-refractivity contribution < 1.29 is 19.5 Å². The van der Waals surface area contributed by atoms with Crippen LogP contribution < -0.4 is 11.1 Å². The molecule has 0 aliphatic carbocycles. The van der Waals surface area contributed by atoms with Crippen molar-refractivity contribution in [3.63, 3.8) is 0 Å². The lowest BCUT2D eigenvalue weighted by Crippen LogP contribution is -2.26. The molecule has 6 nitrogen and oxygen atoms in total. The van der Waals surface area contributed by atoms with E-state index in [1.807, 2.05) is 0 Å². The van der Waals surface area contributed by atoms with Crippen LogP contribution in [0.25, 0.3) is 0 Å². The Morgan fingerprint density at radius 1 is 1.11 bits per heavy atom. The lowest BCUT2D eigenvalue weighted by Gasteiger charge is -2.07. The maximum atomic E-state index is 11.8. The number of carboxylic acid groups (broad SMARTS) is 1. The van der Waals surface area contributed by atoms with Crippen LogP contribution in [0.1, 0.15) is 40.0 Å². The second-order valence-corrected chi connectivity index (χ2v) is 4.03. The van der Waals surface area contributed by atoms with Gasteiger partial charge >= 0.3 is 5.97 Å². The number of primary amides is 1. The van der Waals surface area contributed by atoms with Gasteiger partial charge in [-0.2, -0.15) is 0 Å². The predicted octanol–water partition coefficient (Wildman–Crippen LogP) is 0.770. The van der Waals surface area contributed by atoms with Crippen molar-refractivity contribution in [3.8, 4) is 0 Å². The Kier molecular flexibility index (Phi) is 5.53. The van der Waals surface area contributed by atoms with E-state index in [1.165, 1.54) is 12.1 Å². The van der Waals surface area contributed by atoms with Crippen LogP contribution in [-0.4, -0.2) is 29.4 Å². The molecule has 19 heavy (non-hydrogen) atoms. The molecule has 0 heterocycles. The highest BCUT2D eigenvalue weighted by molar-refractivity contribution is 6.04. The molecule has 102 valence electrons. The first-order chi connectivity index (χ1) is 9.02.